The van der Waals surface area contributed by atoms with E-state index in [1.165, 1.54) is 6.92 Å². The highest BCUT2D eigenvalue weighted by Gasteiger charge is 2.41. The fraction of sp³-hybridized carbons (Fsp3) is 0.522. The van der Waals surface area contributed by atoms with Gasteiger partial charge < -0.3 is 30.0 Å². The van der Waals surface area contributed by atoms with Gasteiger partial charge in [0.05, 0.1) is 14.2 Å². The number of hydrogen-bond donors (Lipinski definition) is 3. The Kier molecular flexibility index (Phi) is 12.7. The van der Waals surface area contributed by atoms with Gasteiger partial charge in [0.25, 0.3) is 0 Å². The normalized spacial score (nSPS) is 12.2. The standard InChI is InChI=1S/C23H32N2O9/c1-15(18(21(29)32-2)22(30)33-3)19(20(27)28)25-17(26)12-8-5-9-13-24-23(31)34-14-16-10-6-4-7-11-16/h4,6-7,10-11,15,18-19H,5,8-9,12-14H2,1-3H3,(H,24,31)(H,25,26)(H,27,28)/t15-,19+/m1/s1. The van der Waals surface area contributed by atoms with Crippen molar-refractivity contribution in [2.75, 3.05) is 20.8 Å². The number of aliphatic carboxylic acids is 1. The van der Waals surface area contributed by atoms with Crippen LogP contribution in [0.3, 0.4) is 0 Å². The number of carbonyl (C=O) groups is 5. The van der Waals surface area contributed by atoms with E-state index in [0.717, 1.165) is 19.8 Å². The van der Waals surface area contributed by atoms with Crippen LogP contribution in [0.15, 0.2) is 30.3 Å². The number of esters is 2. The van der Waals surface area contributed by atoms with Gasteiger partial charge in [-0.25, -0.2) is 9.59 Å². The van der Waals surface area contributed by atoms with Crippen molar-refractivity contribution in [3.05, 3.63) is 35.9 Å². The zero-order chi connectivity index (χ0) is 25.5. The molecule has 0 radical (unpaired) electrons. The van der Waals surface area contributed by atoms with Gasteiger partial charge in [0, 0.05) is 18.9 Å². The summed E-state index contributed by atoms with van der Waals surface area (Å²) in [6, 6.07) is 7.77. The van der Waals surface area contributed by atoms with Gasteiger partial charge in [0.2, 0.25) is 5.91 Å². The Hall–Kier alpha value is -3.63. The maximum atomic E-state index is 12.2. The van der Waals surface area contributed by atoms with Crippen molar-refractivity contribution < 1.29 is 43.3 Å². The first-order chi connectivity index (χ1) is 16.2. The third-order valence-electron chi connectivity index (χ3n) is 5.11. The fourth-order valence-corrected chi connectivity index (χ4v) is 3.19. The van der Waals surface area contributed by atoms with Crippen LogP contribution in [-0.4, -0.2) is 61.8 Å². The third kappa shape index (κ3) is 9.88. The van der Waals surface area contributed by atoms with E-state index < -0.39 is 47.8 Å². The van der Waals surface area contributed by atoms with E-state index in [4.69, 9.17) is 4.74 Å². The highest BCUT2D eigenvalue weighted by atomic mass is 16.6. The maximum Gasteiger partial charge on any atom is 0.407 e. The van der Waals surface area contributed by atoms with E-state index in [9.17, 15) is 29.1 Å². The number of carboxylic acid groups (broad SMARTS) is 1. The number of nitrogens with one attached hydrogen (secondary N) is 2. The molecule has 2 amide bonds. The molecule has 0 fully saturated rings. The Balaban J connectivity index is 2.37. The van der Waals surface area contributed by atoms with E-state index in [2.05, 4.69) is 20.1 Å². The average molecular weight is 481 g/mol. The summed E-state index contributed by atoms with van der Waals surface area (Å²) in [6.07, 6.45) is 1.15. The molecule has 11 heteroatoms. The second-order valence-corrected chi connectivity index (χ2v) is 7.57. The van der Waals surface area contributed by atoms with Crippen LogP contribution in [0.2, 0.25) is 0 Å². The molecule has 2 atom stereocenters. The van der Waals surface area contributed by atoms with Gasteiger partial charge in [-0.2, -0.15) is 0 Å². The lowest BCUT2D eigenvalue weighted by Crippen LogP contribution is -2.50. The summed E-state index contributed by atoms with van der Waals surface area (Å²) in [6.45, 7) is 1.88. The van der Waals surface area contributed by atoms with Crippen molar-refractivity contribution >= 4 is 29.9 Å². The van der Waals surface area contributed by atoms with E-state index >= 15 is 0 Å². The number of carbonyl (C=O) groups excluding carboxylic acids is 4. The molecular weight excluding hydrogens is 448 g/mol. The summed E-state index contributed by atoms with van der Waals surface area (Å²) in [5.74, 6) is -6.43. The van der Waals surface area contributed by atoms with Gasteiger partial charge >= 0.3 is 24.0 Å². The molecule has 11 nitrogen and oxygen atoms in total. The molecule has 1 aromatic carbocycles. The van der Waals surface area contributed by atoms with Gasteiger partial charge in [-0.15, -0.1) is 0 Å². The Labute approximate surface area is 198 Å². The quantitative estimate of drug-likeness (QED) is 0.156. The molecule has 0 unspecified atom stereocenters. The number of benzene rings is 1. The molecular formula is C23H32N2O9. The zero-order valence-electron chi connectivity index (χ0n) is 19.6. The van der Waals surface area contributed by atoms with Gasteiger partial charge in [-0.1, -0.05) is 43.7 Å². The minimum atomic E-state index is -1.50. The van der Waals surface area contributed by atoms with E-state index in [1.807, 2.05) is 30.3 Å². The molecule has 188 valence electrons. The van der Waals surface area contributed by atoms with Crippen LogP contribution >= 0.6 is 0 Å². The van der Waals surface area contributed by atoms with Crippen LogP contribution in [0.1, 0.15) is 38.2 Å². The highest BCUT2D eigenvalue weighted by Crippen LogP contribution is 2.20. The zero-order valence-corrected chi connectivity index (χ0v) is 19.6. The predicted octanol–water partition coefficient (Wildman–Crippen LogP) is 1.64. The topological polar surface area (TPSA) is 157 Å². The number of hydrogen-bond acceptors (Lipinski definition) is 8. The number of alkyl carbamates (subject to hydrolysis) is 1. The lowest BCUT2D eigenvalue weighted by molar-refractivity contribution is -0.163. The van der Waals surface area contributed by atoms with Gasteiger partial charge in [0.15, 0.2) is 5.92 Å². The summed E-state index contributed by atoms with van der Waals surface area (Å²) < 4.78 is 14.2. The average Bonchev–Trinajstić information content (AvgIpc) is 2.83. The number of ether oxygens (including phenoxy) is 3. The SMILES string of the molecule is COC(=O)C(C(=O)OC)[C@@H](C)[C@H](NC(=O)CCCCCNC(=O)OCc1ccccc1)C(=O)O. The summed E-state index contributed by atoms with van der Waals surface area (Å²) in [5, 5.41) is 14.5. The molecule has 0 aliphatic heterocycles. The second kappa shape index (κ2) is 15.3. The molecule has 0 saturated carbocycles. The second-order valence-electron chi connectivity index (χ2n) is 7.57. The number of amides is 2. The van der Waals surface area contributed by atoms with Crippen molar-refractivity contribution in [2.24, 2.45) is 11.8 Å². The van der Waals surface area contributed by atoms with Gasteiger partial charge in [0.1, 0.15) is 12.6 Å². The number of carboxylic acids is 1. The van der Waals surface area contributed by atoms with Crippen LogP contribution in [0.5, 0.6) is 0 Å². The smallest absolute Gasteiger partial charge is 0.407 e. The highest BCUT2D eigenvalue weighted by molar-refractivity contribution is 5.96. The van der Waals surface area contributed by atoms with Gasteiger partial charge in [-0.3, -0.25) is 14.4 Å². The lowest BCUT2D eigenvalue weighted by Gasteiger charge is -2.26. The lowest BCUT2D eigenvalue weighted by atomic mass is 9.87. The molecule has 34 heavy (non-hydrogen) atoms. The molecule has 0 aliphatic carbocycles. The first-order valence-corrected chi connectivity index (χ1v) is 10.8. The molecule has 0 aliphatic rings. The molecule has 1 aromatic rings. The molecule has 0 aromatic heterocycles. The number of rotatable bonds is 14. The van der Waals surface area contributed by atoms with Crippen LogP contribution in [0, 0.1) is 11.8 Å². The van der Waals surface area contributed by atoms with E-state index in [-0.39, 0.29) is 13.0 Å². The van der Waals surface area contributed by atoms with Crippen LogP contribution in [0.25, 0.3) is 0 Å². The first kappa shape index (κ1) is 28.4. The Morgan fingerprint density at radius 2 is 1.56 bits per heavy atom. The Bertz CT molecular complexity index is 813. The van der Waals surface area contributed by atoms with Crippen molar-refractivity contribution in [1.82, 2.24) is 10.6 Å². The Morgan fingerprint density at radius 3 is 2.12 bits per heavy atom. The maximum absolute atomic E-state index is 12.2. The molecule has 0 spiro atoms. The van der Waals surface area contributed by atoms with Crippen molar-refractivity contribution in [2.45, 2.75) is 45.3 Å². The third-order valence-corrected chi connectivity index (χ3v) is 5.11. The molecule has 0 heterocycles. The van der Waals surface area contributed by atoms with E-state index in [1.54, 1.807) is 0 Å². The molecule has 3 N–H and O–H groups in total. The largest absolute Gasteiger partial charge is 0.480 e. The summed E-state index contributed by atoms with van der Waals surface area (Å²) in [7, 11) is 2.13. The fourth-order valence-electron chi connectivity index (χ4n) is 3.19. The molecule has 0 bridgehead atoms. The summed E-state index contributed by atoms with van der Waals surface area (Å²) in [4.78, 5) is 59.4. The summed E-state index contributed by atoms with van der Waals surface area (Å²) in [5.41, 5.74) is 0.877. The molecule has 1 rings (SSSR count). The van der Waals surface area contributed by atoms with Gasteiger partial charge in [-0.05, 0) is 18.4 Å². The van der Waals surface area contributed by atoms with Crippen LogP contribution < -0.4 is 10.6 Å². The monoisotopic (exact) mass is 480 g/mol. The van der Waals surface area contributed by atoms with Crippen molar-refractivity contribution in [3.8, 4) is 0 Å². The Morgan fingerprint density at radius 1 is 0.941 bits per heavy atom. The van der Waals surface area contributed by atoms with Crippen molar-refractivity contribution in [3.63, 3.8) is 0 Å². The predicted molar refractivity (Wildman–Crippen MR) is 119 cm³/mol. The summed E-state index contributed by atoms with van der Waals surface area (Å²) >= 11 is 0. The van der Waals surface area contributed by atoms with Crippen LogP contribution in [0.4, 0.5) is 4.79 Å². The van der Waals surface area contributed by atoms with E-state index in [0.29, 0.717) is 25.8 Å². The van der Waals surface area contributed by atoms with Crippen molar-refractivity contribution in [1.29, 1.82) is 0 Å². The number of methoxy groups -OCH3 is 2. The minimum absolute atomic E-state index is 0.0378. The first-order valence-electron chi connectivity index (χ1n) is 10.8. The molecule has 0 saturated heterocycles. The minimum Gasteiger partial charge on any atom is -0.480 e. The van der Waals surface area contributed by atoms with Crippen LogP contribution in [-0.2, 0) is 40.0 Å². The number of unbranched alkanes of at least 4 members (excludes halogenated alkanes) is 2.